The van der Waals surface area contributed by atoms with E-state index in [0.29, 0.717) is 16.9 Å². The van der Waals surface area contributed by atoms with Crippen LogP contribution in [0.2, 0.25) is 0 Å². The van der Waals surface area contributed by atoms with Gasteiger partial charge in [-0.3, -0.25) is 14.5 Å². The van der Waals surface area contributed by atoms with Crippen molar-refractivity contribution in [2.75, 3.05) is 11.5 Å². The molecule has 0 aliphatic carbocycles. The fourth-order valence-corrected chi connectivity index (χ4v) is 5.85. The van der Waals surface area contributed by atoms with Crippen LogP contribution < -0.4 is 11.1 Å². The molecule has 3 aliphatic rings. The molecule has 36 heavy (non-hydrogen) atoms. The van der Waals surface area contributed by atoms with Crippen molar-refractivity contribution in [3.63, 3.8) is 0 Å². The fourth-order valence-electron chi connectivity index (χ4n) is 3.96. The molecular weight excluding hydrogens is 510 g/mol. The van der Waals surface area contributed by atoms with Gasteiger partial charge in [-0.05, 0) is 11.6 Å². The van der Waals surface area contributed by atoms with E-state index in [1.54, 1.807) is 24.3 Å². The first-order chi connectivity index (χ1) is 17.3. The number of nitrogens with one attached hydrogen (secondary N) is 1. The third kappa shape index (κ3) is 3.79. The van der Waals surface area contributed by atoms with Crippen LogP contribution in [0.25, 0.3) is 0 Å². The number of rotatable bonds is 6. The smallest absolute Gasteiger partial charge is 0.358 e. The normalized spacial score (nSPS) is 22.8. The monoisotopic (exact) mass is 527 g/mol. The Morgan fingerprint density at radius 3 is 2.83 bits per heavy atom. The van der Waals surface area contributed by atoms with Gasteiger partial charge in [0.25, 0.3) is 18.1 Å². The summed E-state index contributed by atoms with van der Waals surface area (Å²) < 4.78 is 10.6. The number of anilines is 1. The number of ether oxygens (including phenoxy) is 2. The van der Waals surface area contributed by atoms with Gasteiger partial charge in [0.05, 0.1) is 5.56 Å². The lowest BCUT2D eigenvalue weighted by Crippen LogP contribution is -2.71. The van der Waals surface area contributed by atoms with Gasteiger partial charge in [0, 0.05) is 16.7 Å². The first-order valence-corrected chi connectivity index (χ1v) is 12.3. The van der Waals surface area contributed by atoms with Crippen LogP contribution in [0.15, 0.2) is 58.7 Å². The minimum atomic E-state index is -1.26. The van der Waals surface area contributed by atoms with E-state index in [9.17, 15) is 24.4 Å². The summed E-state index contributed by atoms with van der Waals surface area (Å²) in [4.78, 5) is 56.1. The van der Waals surface area contributed by atoms with E-state index in [1.807, 2.05) is 0 Å². The van der Waals surface area contributed by atoms with Crippen LogP contribution in [-0.4, -0.2) is 61.7 Å². The third-order valence-corrected chi connectivity index (χ3v) is 7.64. The van der Waals surface area contributed by atoms with Gasteiger partial charge >= 0.3 is 11.9 Å². The second kappa shape index (κ2) is 9.13. The summed E-state index contributed by atoms with van der Waals surface area (Å²) in [5.74, 6) is -2.61. The van der Waals surface area contributed by atoms with Gasteiger partial charge in [0.1, 0.15) is 22.8 Å². The van der Waals surface area contributed by atoms with Crippen LogP contribution in [-0.2, 0) is 23.9 Å². The number of allylic oxidation sites excluding steroid dienone is 1. The number of amides is 2. The molecule has 2 unspecified atom stereocenters. The number of oxime groups is 1. The lowest BCUT2D eigenvalue weighted by molar-refractivity contribution is -0.168. The number of fused-ring (bicyclic) bond motifs is 2. The lowest BCUT2D eigenvalue weighted by atomic mass is 10.0. The number of nitrogens with zero attached hydrogens (tertiary/aromatic N) is 3. The van der Waals surface area contributed by atoms with Crippen molar-refractivity contribution in [2.45, 2.75) is 17.7 Å². The predicted octanol–water partition coefficient (Wildman–Crippen LogP) is 1.16. The maximum Gasteiger partial charge on any atom is 0.358 e. The number of aromatic nitrogens is 1. The van der Waals surface area contributed by atoms with E-state index < -0.39 is 47.2 Å². The molecule has 3 atom stereocenters. The Morgan fingerprint density at radius 1 is 1.36 bits per heavy atom. The Balaban J connectivity index is 1.33. The summed E-state index contributed by atoms with van der Waals surface area (Å²) in [6, 6.07) is 5.50. The van der Waals surface area contributed by atoms with E-state index in [1.165, 1.54) is 28.1 Å². The molecule has 3 aliphatic heterocycles. The number of esters is 2. The van der Waals surface area contributed by atoms with Crippen molar-refractivity contribution in [1.82, 2.24) is 15.2 Å². The number of nitrogen functional groups attached to an aromatic ring is 1. The minimum absolute atomic E-state index is 0.0481. The van der Waals surface area contributed by atoms with Crippen molar-refractivity contribution in [3.8, 4) is 0 Å². The van der Waals surface area contributed by atoms with Gasteiger partial charge in [-0.1, -0.05) is 36.0 Å². The van der Waals surface area contributed by atoms with Gasteiger partial charge in [0.15, 0.2) is 10.8 Å². The Hall–Kier alpha value is -4.17. The standard InChI is InChI=1S/C22H17N5O7S2/c1-2-9-7-35-18-14(25-16(28)13(26-32)12-8-36-22(23)24-12)17(29)27(18)15(9)20(31)34-21-11-6-4-3-5-10(11)19(30)33-21/h2-6,8,14,18,21,32H,1,7H2,(H2,23,24)(H,25,28)/t14?,18-,21?/m1/s1. The van der Waals surface area contributed by atoms with E-state index in [0.717, 1.165) is 11.3 Å². The zero-order valence-corrected chi connectivity index (χ0v) is 19.9. The second-order valence-corrected chi connectivity index (χ2v) is 9.68. The number of benzene rings is 1. The average molecular weight is 528 g/mol. The SMILES string of the molecule is C=CC1=C(C(=O)OC2OC(=O)c3ccccc32)N2C(=O)C(NC(=O)C(=NO)c3csc(N)n3)[C@H]2SC1. The van der Waals surface area contributed by atoms with Gasteiger partial charge in [-0.25, -0.2) is 14.6 Å². The van der Waals surface area contributed by atoms with Gasteiger partial charge in [0.2, 0.25) is 0 Å². The molecule has 0 radical (unpaired) electrons. The first kappa shape index (κ1) is 23.6. The molecule has 2 amide bonds. The molecule has 12 nitrogen and oxygen atoms in total. The molecule has 0 saturated carbocycles. The molecule has 14 heteroatoms. The number of thioether (sulfide) groups is 1. The highest BCUT2D eigenvalue weighted by Crippen LogP contribution is 2.42. The summed E-state index contributed by atoms with van der Waals surface area (Å²) in [5, 5.41) is 15.8. The van der Waals surface area contributed by atoms with E-state index in [4.69, 9.17) is 15.2 Å². The zero-order chi connectivity index (χ0) is 25.6. The van der Waals surface area contributed by atoms with Crippen molar-refractivity contribution in [1.29, 1.82) is 0 Å². The van der Waals surface area contributed by atoms with Crippen LogP contribution in [0.4, 0.5) is 5.13 Å². The molecule has 5 rings (SSSR count). The molecule has 184 valence electrons. The number of nitrogens with two attached hydrogens (primary N) is 1. The predicted molar refractivity (Wildman–Crippen MR) is 128 cm³/mol. The van der Waals surface area contributed by atoms with E-state index >= 15 is 0 Å². The highest BCUT2D eigenvalue weighted by atomic mass is 32.2. The van der Waals surface area contributed by atoms with Crippen molar-refractivity contribution in [3.05, 3.63) is 70.4 Å². The van der Waals surface area contributed by atoms with Crippen LogP contribution in [0.5, 0.6) is 0 Å². The van der Waals surface area contributed by atoms with Gasteiger partial charge in [-0.15, -0.1) is 23.1 Å². The molecular formula is C22H17N5O7S2. The van der Waals surface area contributed by atoms with Crippen molar-refractivity contribution in [2.24, 2.45) is 5.16 Å². The minimum Gasteiger partial charge on any atom is -0.417 e. The van der Waals surface area contributed by atoms with Crippen LogP contribution in [0.3, 0.4) is 0 Å². The fraction of sp³-hybridized carbons (Fsp3) is 0.182. The summed E-state index contributed by atoms with van der Waals surface area (Å²) in [7, 11) is 0. The Bertz CT molecular complexity index is 1380. The summed E-state index contributed by atoms with van der Waals surface area (Å²) in [6.07, 6.45) is 0.185. The number of hydrogen-bond donors (Lipinski definition) is 3. The average Bonchev–Trinajstić information content (AvgIpc) is 3.44. The number of hydrogen-bond acceptors (Lipinski definition) is 12. The van der Waals surface area contributed by atoms with Crippen LogP contribution in [0, 0.1) is 0 Å². The Morgan fingerprint density at radius 2 is 2.14 bits per heavy atom. The third-order valence-electron chi connectivity index (χ3n) is 5.67. The Labute approximate surface area is 211 Å². The topological polar surface area (TPSA) is 174 Å². The molecule has 0 bridgehead atoms. The number of β-lactam (4-membered cyclic amide) rings is 1. The summed E-state index contributed by atoms with van der Waals surface area (Å²) in [6.45, 7) is 3.71. The summed E-state index contributed by atoms with van der Waals surface area (Å²) >= 11 is 2.36. The molecule has 2 aromatic rings. The quantitative estimate of drug-likeness (QED) is 0.163. The zero-order valence-electron chi connectivity index (χ0n) is 18.2. The molecule has 1 fully saturated rings. The number of cyclic esters (lactones) is 1. The molecule has 1 aromatic heterocycles. The van der Waals surface area contributed by atoms with Gasteiger partial charge < -0.3 is 25.7 Å². The maximum absolute atomic E-state index is 13.2. The number of carbonyl (C=O) groups is 4. The lowest BCUT2D eigenvalue weighted by Gasteiger charge is -2.49. The number of carbonyl (C=O) groups excluding carboxylic acids is 4. The first-order valence-electron chi connectivity index (χ1n) is 10.4. The highest BCUT2D eigenvalue weighted by Gasteiger charge is 2.55. The molecule has 4 N–H and O–H groups in total. The van der Waals surface area contributed by atoms with Gasteiger partial charge in [-0.2, -0.15) is 0 Å². The second-order valence-electron chi connectivity index (χ2n) is 7.69. The molecule has 1 aromatic carbocycles. The Kier molecular flexibility index (Phi) is 5.97. The molecule has 0 spiro atoms. The van der Waals surface area contributed by atoms with Crippen LogP contribution >= 0.6 is 23.1 Å². The maximum atomic E-state index is 13.2. The summed E-state index contributed by atoms with van der Waals surface area (Å²) in [5.41, 5.74) is 6.32. The van der Waals surface area contributed by atoms with E-state index in [2.05, 4.69) is 22.0 Å². The van der Waals surface area contributed by atoms with E-state index in [-0.39, 0.29) is 22.1 Å². The van der Waals surface area contributed by atoms with Crippen molar-refractivity contribution < 1.29 is 33.9 Å². The van der Waals surface area contributed by atoms with Crippen molar-refractivity contribution >= 4 is 57.7 Å². The molecule has 1 saturated heterocycles. The molecule has 4 heterocycles. The highest BCUT2D eigenvalue weighted by molar-refractivity contribution is 8.00. The van der Waals surface area contributed by atoms with Crippen LogP contribution in [0.1, 0.15) is 27.9 Å². The number of thiazole rings is 1. The largest absolute Gasteiger partial charge is 0.417 e.